The first-order chi connectivity index (χ1) is 9.56. The molecule has 0 spiro atoms. The third-order valence-corrected chi connectivity index (χ3v) is 3.13. The average molecular weight is 283 g/mol. The molecule has 9 heteroatoms. The van der Waals surface area contributed by atoms with Crippen molar-refractivity contribution in [3.63, 3.8) is 0 Å². The zero-order chi connectivity index (χ0) is 14.7. The summed E-state index contributed by atoms with van der Waals surface area (Å²) in [5, 5.41) is 3.62. The van der Waals surface area contributed by atoms with Crippen molar-refractivity contribution in [2.75, 3.05) is 13.7 Å². The summed E-state index contributed by atoms with van der Waals surface area (Å²) in [6.07, 6.45) is 0.123. The quantitative estimate of drug-likeness (QED) is 0.472. The van der Waals surface area contributed by atoms with Gasteiger partial charge in [0.25, 0.3) is 0 Å². The predicted molar refractivity (Wildman–Crippen MR) is 66.5 cm³/mol. The van der Waals surface area contributed by atoms with E-state index in [-0.39, 0.29) is 18.7 Å². The molecule has 2 rings (SSSR count). The number of rotatable bonds is 4. The molecule has 20 heavy (non-hydrogen) atoms. The number of methoxy groups -OCH3 is 1. The van der Waals surface area contributed by atoms with Gasteiger partial charge in [0.05, 0.1) is 24.4 Å². The molecule has 8 nitrogen and oxygen atoms in total. The lowest BCUT2D eigenvalue weighted by Gasteiger charge is -2.15. The number of hydrogen-bond donors (Lipinski definition) is 0. The molecule has 1 saturated heterocycles. The second-order valence-electron chi connectivity index (χ2n) is 4.46. The van der Waals surface area contributed by atoms with Gasteiger partial charge in [-0.2, -0.15) is 4.98 Å². The van der Waals surface area contributed by atoms with Crippen LogP contribution in [0.5, 0.6) is 0 Å². The second kappa shape index (κ2) is 6.00. The third kappa shape index (κ3) is 2.79. The Labute approximate surface area is 113 Å². The van der Waals surface area contributed by atoms with Crippen LogP contribution in [-0.4, -0.2) is 35.4 Å². The number of hydrogen-bond acceptors (Lipinski definition) is 5. The molecule has 1 fully saturated rings. The summed E-state index contributed by atoms with van der Waals surface area (Å²) >= 11 is 0. The lowest BCUT2D eigenvalue weighted by molar-refractivity contribution is -0.0364. The molecular weight excluding hydrogens is 269 g/mol. The monoisotopic (exact) mass is 283 g/mol. The first-order valence-corrected chi connectivity index (χ1v) is 6.00. The van der Waals surface area contributed by atoms with Gasteiger partial charge in [0, 0.05) is 24.6 Å². The van der Waals surface area contributed by atoms with Gasteiger partial charge in [-0.15, -0.1) is 0 Å². The first kappa shape index (κ1) is 14.4. The van der Waals surface area contributed by atoms with Crippen molar-refractivity contribution in [2.45, 2.75) is 31.7 Å². The molecule has 1 aliphatic rings. The van der Waals surface area contributed by atoms with Crippen molar-refractivity contribution in [1.82, 2.24) is 9.55 Å². The molecule has 0 aliphatic carbocycles. The first-order valence-electron chi connectivity index (χ1n) is 6.00. The van der Waals surface area contributed by atoms with Gasteiger partial charge in [-0.1, -0.05) is 5.11 Å². The summed E-state index contributed by atoms with van der Waals surface area (Å²) in [6, 6.07) is -0.471. The van der Waals surface area contributed by atoms with Gasteiger partial charge < -0.3 is 9.47 Å². The molecule has 0 N–H and O–H groups in total. The summed E-state index contributed by atoms with van der Waals surface area (Å²) in [6.45, 7) is 1.63. The van der Waals surface area contributed by atoms with Crippen LogP contribution in [-0.2, 0) is 9.47 Å². The van der Waals surface area contributed by atoms with Crippen molar-refractivity contribution in [3.05, 3.63) is 38.6 Å². The molecule has 108 valence electrons. The SMILES string of the molecule is COC[C@H]1O[C@@H](n2cc(F)c(C)nc2=O)CC1N=[N+]=[N-]. The molecule has 1 aromatic rings. The highest BCUT2D eigenvalue weighted by Gasteiger charge is 2.36. The second-order valence-corrected chi connectivity index (χ2v) is 4.46. The number of ether oxygens (including phenoxy) is 2. The van der Waals surface area contributed by atoms with E-state index >= 15 is 0 Å². The van der Waals surface area contributed by atoms with Gasteiger partial charge in [-0.25, -0.2) is 9.18 Å². The van der Waals surface area contributed by atoms with E-state index in [1.165, 1.54) is 14.0 Å². The Hall–Kier alpha value is -1.96. The van der Waals surface area contributed by atoms with Gasteiger partial charge in [0.15, 0.2) is 5.82 Å². The molecule has 1 aromatic heterocycles. The van der Waals surface area contributed by atoms with Gasteiger partial charge >= 0.3 is 5.69 Å². The topological polar surface area (TPSA) is 102 Å². The normalized spacial score (nSPS) is 25.4. The highest BCUT2D eigenvalue weighted by molar-refractivity contribution is 5.01. The van der Waals surface area contributed by atoms with E-state index < -0.39 is 29.9 Å². The molecule has 2 heterocycles. The van der Waals surface area contributed by atoms with Crippen molar-refractivity contribution in [3.8, 4) is 0 Å². The van der Waals surface area contributed by atoms with Gasteiger partial charge in [-0.3, -0.25) is 4.57 Å². The van der Waals surface area contributed by atoms with Crippen LogP contribution in [0.25, 0.3) is 10.4 Å². The van der Waals surface area contributed by atoms with E-state index in [1.54, 1.807) is 0 Å². The van der Waals surface area contributed by atoms with Crippen LogP contribution in [0.3, 0.4) is 0 Å². The van der Waals surface area contributed by atoms with Crippen LogP contribution >= 0.6 is 0 Å². The average Bonchev–Trinajstić information content (AvgIpc) is 2.78. The number of nitrogens with zero attached hydrogens (tertiary/aromatic N) is 5. The van der Waals surface area contributed by atoms with Gasteiger partial charge in [0.2, 0.25) is 0 Å². The highest BCUT2D eigenvalue weighted by Crippen LogP contribution is 2.30. The minimum absolute atomic E-state index is 0.0317. The molecule has 0 radical (unpaired) electrons. The number of aromatic nitrogens is 2. The fourth-order valence-electron chi connectivity index (χ4n) is 2.12. The molecular formula is C11H14FN5O3. The summed E-state index contributed by atoms with van der Waals surface area (Å²) in [5.41, 5.74) is 7.95. The molecule has 0 bridgehead atoms. The zero-order valence-electron chi connectivity index (χ0n) is 11.1. The fraction of sp³-hybridized carbons (Fsp3) is 0.636. The molecule has 3 atom stereocenters. The van der Waals surface area contributed by atoms with E-state index in [9.17, 15) is 9.18 Å². The van der Waals surface area contributed by atoms with E-state index in [2.05, 4.69) is 15.0 Å². The summed E-state index contributed by atoms with van der Waals surface area (Å²) in [5.74, 6) is -0.594. The Kier molecular flexibility index (Phi) is 4.33. The zero-order valence-corrected chi connectivity index (χ0v) is 11.1. The van der Waals surface area contributed by atoms with Crippen LogP contribution in [0.1, 0.15) is 18.3 Å². The largest absolute Gasteiger partial charge is 0.382 e. The van der Waals surface area contributed by atoms with Crippen molar-refractivity contribution >= 4 is 0 Å². The van der Waals surface area contributed by atoms with Crippen LogP contribution in [0.15, 0.2) is 16.1 Å². The van der Waals surface area contributed by atoms with E-state index in [4.69, 9.17) is 15.0 Å². The fourth-order valence-corrected chi connectivity index (χ4v) is 2.12. The highest BCUT2D eigenvalue weighted by atomic mass is 19.1. The van der Waals surface area contributed by atoms with Gasteiger partial charge in [0.1, 0.15) is 6.23 Å². The maximum Gasteiger partial charge on any atom is 0.350 e. The number of azide groups is 1. The van der Waals surface area contributed by atoms with E-state index in [0.717, 1.165) is 10.8 Å². The van der Waals surface area contributed by atoms with E-state index in [1.807, 2.05) is 0 Å². The van der Waals surface area contributed by atoms with Crippen LogP contribution in [0.4, 0.5) is 4.39 Å². The molecule has 0 aromatic carbocycles. The Morgan fingerprint density at radius 1 is 1.75 bits per heavy atom. The summed E-state index contributed by atoms with van der Waals surface area (Å²) in [4.78, 5) is 18.1. The van der Waals surface area contributed by atoms with Crippen molar-refractivity contribution in [2.24, 2.45) is 5.11 Å². The lowest BCUT2D eigenvalue weighted by atomic mass is 10.1. The molecule has 1 unspecified atom stereocenters. The Balaban J connectivity index is 2.29. The standard InChI is InChI=1S/C11H14FN5O3/c1-6-7(12)4-17(11(18)14-6)10-3-8(15-16-13)9(20-10)5-19-2/h4,8-10H,3,5H2,1-2H3/t8?,9-,10-/m1/s1. The smallest absolute Gasteiger partial charge is 0.350 e. The minimum atomic E-state index is -0.722. The van der Waals surface area contributed by atoms with Crippen LogP contribution in [0, 0.1) is 12.7 Å². The van der Waals surface area contributed by atoms with Crippen LogP contribution < -0.4 is 5.69 Å². The number of halogens is 1. The van der Waals surface area contributed by atoms with Gasteiger partial charge in [-0.05, 0) is 12.5 Å². The molecule has 0 amide bonds. The Morgan fingerprint density at radius 3 is 3.15 bits per heavy atom. The lowest BCUT2D eigenvalue weighted by Crippen LogP contribution is -2.29. The number of aryl methyl sites for hydroxylation is 1. The third-order valence-electron chi connectivity index (χ3n) is 3.13. The van der Waals surface area contributed by atoms with E-state index in [0.29, 0.717) is 0 Å². The minimum Gasteiger partial charge on any atom is -0.382 e. The molecule has 1 aliphatic heterocycles. The summed E-state index contributed by atoms with van der Waals surface area (Å²) in [7, 11) is 1.49. The maximum absolute atomic E-state index is 13.5. The Bertz CT molecular complexity index is 598. The summed E-state index contributed by atoms with van der Waals surface area (Å²) < 4.78 is 25.2. The predicted octanol–water partition coefficient (Wildman–Crippen LogP) is 1.30. The maximum atomic E-state index is 13.5. The van der Waals surface area contributed by atoms with Crippen LogP contribution in [0.2, 0.25) is 0 Å². The Morgan fingerprint density at radius 2 is 2.50 bits per heavy atom. The molecule has 0 saturated carbocycles. The van der Waals surface area contributed by atoms with Crippen molar-refractivity contribution in [1.29, 1.82) is 0 Å². The van der Waals surface area contributed by atoms with Crippen molar-refractivity contribution < 1.29 is 13.9 Å².